The van der Waals surface area contributed by atoms with Gasteiger partial charge in [0.05, 0.1) is 14.2 Å². The number of ether oxygens (including phenoxy) is 2. The molecule has 1 aliphatic rings. The van der Waals surface area contributed by atoms with E-state index in [2.05, 4.69) is 0 Å². The van der Waals surface area contributed by atoms with E-state index in [0.29, 0.717) is 30.0 Å². The molecule has 0 radical (unpaired) electrons. The number of carbonyl (C=O) groups excluding carboxylic acids is 2. The van der Waals surface area contributed by atoms with Crippen LogP contribution in [0.4, 0.5) is 0 Å². The molecule has 3 rings (SSSR count). The fourth-order valence-electron chi connectivity index (χ4n) is 2.97. The van der Waals surface area contributed by atoms with E-state index in [1.165, 1.54) is 4.90 Å². The molecular weight excluding hydrogens is 306 g/mol. The van der Waals surface area contributed by atoms with Gasteiger partial charge in [-0.1, -0.05) is 24.3 Å². The highest BCUT2D eigenvalue weighted by Gasteiger charge is 2.35. The normalized spacial score (nSPS) is 17.0. The van der Waals surface area contributed by atoms with E-state index in [1.807, 2.05) is 24.3 Å². The molecule has 0 spiro atoms. The minimum absolute atomic E-state index is 0.0371. The van der Waals surface area contributed by atoms with Gasteiger partial charge in [-0.15, -0.1) is 0 Å². The van der Waals surface area contributed by atoms with Crippen molar-refractivity contribution < 1.29 is 19.1 Å². The van der Waals surface area contributed by atoms with Crippen molar-refractivity contribution in [3.63, 3.8) is 0 Å². The summed E-state index contributed by atoms with van der Waals surface area (Å²) >= 11 is 0. The smallest absolute Gasteiger partial charge is 0.260 e. The van der Waals surface area contributed by atoms with Crippen LogP contribution in [0, 0.1) is 0 Å². The Labute approximate surface area is 140 Å². The topological polar surface area (TPSA) is 55.8 Å². The van der Waals surface area contributed by atoms with Gasteiger partial charge < -0.3 is 9.47 Å². The van der Waals surface area contributed by atoms with Gasteiger partial charge in [0.15, 0.2) is 11.5 Å². The molecule has 5 heteroatoms. The zero-order valence-corrected chi connectivity index (χ0v) is 13.7. The maximum Gasteiger partial charge on any atom is 0.260 e. The monoisotopic (exact) mass is 325 g/mol. The third-order valence-electron chi connectivity index (χ3n) is 4.27. The first-order valence-electron chi connectivity index (χ1n) is 7.75. The van der Waals surface area contributed by atoms with Crippen molar-refractivity contribution in [2.75, 3.05) is 20.8 Å². The summed E-state index contributed by atoms with van der Waals surface area (Å²) in [4.78, 5) is 26.1. The van der Waals surface area contributed by atoms with E-state index in [0.717, 1.165) is 5.56 Å². The summed E-state index contributed by atoms with van der Waals surface area (Å²) in [5, 5.41) is 0. The number of nitrogens with zero attached hydrogens (tertiary/aromatic N) is 1. The number of benzene rings is 2. The highest BCUT2D eigenvalue weighted by Crippen LogP contribution is 2.35. The molecule has 2 amide bonds. The molecule has 2 aromatic carbocycles. The molecule has 1 aliphatic heterocycles. The molecule has 5 nitrogen and oxygen atoms in total. The average Bonchev–Trinajstić information content (AvgIpc) is 3.03. The Kier molecular flexibility index (Phi) is 4.51. The van der Waals surface area contributed by atoms with Crippen molar-refractivity contribution in [3.05, 3.63) is 59.7 Å². The summed E-state index contributed by atoms with van der Waals surface area (Å²) in [5.41, 5.74) is 1.49. The van der Waals surface area contributed by atoms with Gasteiger partial charge in [-0.05, 0) is 29.8 Å². The van der Waals surface area contributed by atoms with Crippen LogP contribution in [0.15, 0.2) is 48.5 Å². The van der Waals surface area contributed by atoms with Crippen molar-refractivity contribution in [1.29, 1.82) is 0 Å². The first-order valence-corrected chi connectivity index (χ1v) is 7.75. The second kappa shape index (κ2) is 6.74. The Morgan fingerprint density at radius 2 is 1.75 bits per heavy atom. The van der Waals surface area contributed by atoms with Crippen LogP contribution in [-0.2, 0) is 4.79 Å². The van der Waals surface area contributed by atoms with E-state index in [4.69, 9.17) is 9.47 Å². The molecular formula is C19H19NO4. The molecule has 1 unspecified atom stereocenters. The molecule has 0 aromatic heterocycles. The van der Waals surface area contributed by atoms with Gasteiger partial charge in [-0.2, -0.15) is 0 Å². The van der Waals surface area contributed by atoms with Crippen LogP contribution in [0.5, 0.6) is 11.5 Å². The van der Waals surface area contributed by atoms with E-state index < -0.39 is 0 Å². The molecule has 1 heterocycles. The SMILES string of the molecule is COc1ccc(C2CC(=O)N(C(=O)c3ccccc3)C2)cc1OC. The molecule has 1 fully saturated rings. The van der Waals surface area contributed by atoms with E-state index in [9.17, 15) is 9.59 Å². The fourth-order valence-corrected chi connectivity index (χ4v) is 2.97. The standard InChI is InChI=1S/C19H19NO4/c1-23-16-9-8-14(10-17(16)24-2)15-11-18(21)20(12-15)19(22)13-6-4-3-5-7-13/h3-10,15H,11-12H2,1-2H3. The number of likely N-dealkylation sites (tertiary alicyclic amines) is 1. The number of hydrogen-bond acceptors (Lipinski definition) is 4. The van der Waals surface area contributed by atoms with Crippen molar-refractivity contribution in [1.82, 2.24) is 4.90 Å². The molecule has 0 N–H and O–H groups in total. The largest absolute Gasteiger partial charge is 0.493 e. The number of hydrogen-bond donors (Lipinski definition) is 0. The number of imide groups is 1. The summed E-state index contributed by atoms with van der Waals surface area (Å²) < 4.78 is 10.6. The van der Waals surface area contributed by atoms with Crippen molar-refractivity contribution in [2.45, 2.75) is 12.3 Å². The van der Waals surface area contributed by atoms with E-state index >= 15 is 0 Å². The Balaban J connectivity index is 1.81. The van der Waals surface area contributed by atoms with Gasteiger partial charge in [-0.3, -0.25) is 14.5 Å². The quantitative estimate of drug-likeness (QED) is 0.811. The molecule has 0 bridgehead atoms. The lowest BCUT2D eigenvalue weighted by atomic mass is 9.98. The van der Waals surface area contributed by atoms with Gasteiger partial charge in [0.25, 0.3) is 5.91 Å². The Morgan fingerprint density at radius 1 is 1.04 bits per heavy atom. The summed E-state index contributed by atoms with van der Waals surface area (Å²) in [7, 11) is 3.16. The fraction of sp³-hybridized carbons (Fsp3) is 0.263. The Hall–Kier alpha value is -2.82. The lowest BCUT2D eigenvalue weighted by molar-refractivity contribution is -0.125. The minimum Gasteiger partial charge on any atom is -0.493 e. The molecule has 24 heavy (non-hydrogen) atoms. The maximum atomic E-state index is 12.5. The molecule has 1 atom stereocenters. The van der Waals surface area contributed by atoms with Crippen molar-refractivity contribution >= 4 is 11.8 Å². The van der Waals surface area contributed by atoms with E-state index in [1.54, 1.807) is 38.5 Å². The highest BCUT2D eigenvalue weighted by atomic mass is 16.5. The minimum atomic E-state index is -0.247. The van der Waals surface area contributed by atoms with Crippen LogP contribution in [-0.4, -0.2) is 37.5 Å². The van der Waals surface area contributed by atoms with Crippen LogP contribution in [0.25, 0.3) is 0 Å². The number of methoxy groups -OCH3 is 2. The van der Waals surface area contributed by atoms with Crippen LogP contribution in [0.3, 0.4) is 0 Å². The van der Waals surface area contributed by atoms with Gasteiger partial charge in [0, 0.05) is 24.4 Å². The van der Waals surface area contributed by atoms with Gasteiger partial charge >= 0.3 is 0 Å². The third-order valence-corrected chi connectivity index (χ3v) is 4.27. The second-order valence-electron chi connectivity index (χ2n) is 5.69. The zero-order chi connectivity index (χ0) is 17.1. The van der Waals surface area contributed by atoms with Crippen LogP contribution >= 0.6 is 0 Å². The van der Waals surface area contributed by atoms with Crippen LogP contribution in [0.1, 0.15) is 28.3 Å². The predicted molar refractivity (Wildman–Crippen MR) is 89.4 cm³/mol. The molecule has 1 saturated heterocycles. The Bertz CT molecular complexity index is 757. The first kappa shape index (κ1) is 16.1. The Morgan fingerprint density at radius 3 is 2.42 bits per heavy atom. The van der Waals surface area contributed by atoms with Crippen LogP contribution < -0.4 is 9.47 Å². The first-order chi connectivity index (χ1) is 11.6. The summed E-state index contributed by atoms with van der Waals surface area (Å²) in [6, 6.07) is 14.5. The number of rotatable bonds is 4. The molecule has 0 saturated carbocycles. The summed E-state index contributed by atoms with van der Waals surface area (Å²) in [6.45, 7) is 0.377. The molecule has 0 aliphatic carbocycles. The zero-order valence-electron chi connectivity index (χ0n) is 13.7. The van der Waals surface area contributed by atoms with Gasteiger partial charge in [-0.25, -0.2) is 0 Å². The lowest BCUT2D eigenvalue weighted by Gasteiger charge is -2.16. The summed E-state index contributed by atoms with van der Waals surface area (Å²) in [6.07, 6.45) is 0.314. The number of amides is 2. The third kappa shape index (κ3) is 2.97. The maximum absolute atomic E-state index is 12.5. The molecule has 124 valence electrons. The van der Waals surface area contributed by atoms with E-state index in [-0.39, 0.29) is 17.7 Å². The van der Waals surface area contributed by atoms with Crippen molar-refractivity contribution in [2.24, 2.45) is 0 Å². The van der Waals surface area contributed by atoms with Gasteiger partial charge in [0.1, 0.15) is 0 Å². The predicted octanol–water partition coefficient (Wildman–Crippen LogP) is 2.86. The highest BCUT2D eigenvalue weighted by molar-refractivity contribution is 6.06. The number of carbonyl (C=O) groups is 2. The van der Waals surface area contributed by atoms with Gasteiger partial charge in [0.2, 0.25) is 5.91 Å². The van der Waals surface area contributed by atoms with Crippen LogP contribution in [0.2, 0.25) is 0 Å². The summed E-state index contributed by atoms with van der Waals surface area (Å²) in [5.74, 6) is 0.829. The van der Waals surface area contributed by atoms with Crippen molar-refractivity contribution in [3.8, 4) is 11.5 Å². The lowest BCUT2D eigenvalue weighted by Crippen LogP contribution is -2.32. The second-order valence-corrected chi connectivity index (χ2v) is 5.69. The average molecular weight is 325 g/mol. The molecule has 2 aromatic rings.